The maximum absolute atomic E-state index is 13.5. The summed E-state index contributed by atoms with van der Waals surface area (Å²) in [5, 5.41) is 0.630. The van der Waals surface area contributed by atoms with Crippen molar-refractivity contribution in [2.24, 2.45) is 5.41 Å². The second-order valence-electron chi connectivity index (χ2n) is 7.26. The molecule has 0 bridgehead atoms. The van der Waals surface area contributed by atoms with E-state index in [1.807, 2.05) is 34.6 Å². The zero-order valence-corrected chi connectivity index (χ0v) is 13.8. The van der Waals surface area contributed by atoms with Crippen molar-refractivity contribution < 1.29 is 13.2 Å². The van der Waals surface area contributed by atoms with E-state index in [-0.39, 0.29) is 16.6 Å². The zero-order valence-electron chi connectivity index (χ0n) is 13.8. The van der Waals surface area contributed by atoms with Crippen LogP contribution in [0.3, 0.4) is 0 Å². The van der Waals surface area contributed by atoms with Crippen molar-refractivity contribution in [2.45, 2.75) is 53.1 Å². The summed E-state index contributed by atoms with van der Waals surface area (Å²) >= 11 is 0. The number of aromatic nitrogens is 2. The number of pyridine rings is 2. The number of rotatable bonds is 1. The molecule has 0 aliphatic carbocycles. The molecule has 5 heteroatoms. The first-order chi connectivity index (χ1) is 9.84. The minimum atomic E-state index is -4.50. The monoisotopic (exact) mass is 310 g/mol. The quantitative estimate of drug-likeness (QED) is 0.716. The Hall–Kier alpha value is -1.65. The van der Waals surface area contributed by atoms with Gasteiger partial charge in [0.15, 0.2) is 11.3 Å². The van der Waals surface area contributed by atoms with Gasteiger partial charge in [0.2, 0.25) is 0 Å². The highest BCUT2D eigenvalue weighted by molar-refractivity contribution is 5.76. The third kappa shape index (κ3) is 2.81. The molecule has 0 fully saturated rings. The maximum atomic E-state index is 13.5. The van der Waals surface area contributed by atoms with Crippen molar-refractivity contribution in [1.29, 1.82) is 0 Å². The van der Waals surface area contributed by atoms with E-state index in [2.05, 4.69) is 9.97 Å². The number of hydrogen-bond acceptors (Lipinski definition) is 2. The van der Waals surface area contributed by atoms with Gasteiger partial charge >= 0.3 is 6.18 Å². The Morgan fingerprint density at radius 2 is 1.50 bits per heavy atom. The highest BCUT2D eigenvalue weighted by Crippen LogP contribution is 2.46. The molecule has 2 aromatic heterocycles. The topological polar surface area (TPSA) is 25.8 Å². The highest BCUT2D eigenvalue weighted by Gasteiger charge is 2.44. The van der Waals surface area contributed by atoms with Gasteiger partial charge in [0.05, 0.1) is 0 Å². The number of hydrogen-bond donors (Lipinski definition) is 0. The number of aryl methyl sites for hydroxylation is 1. The molecule has 2 rings (SSSR count). The van der Waals surface area contributed by atoms with Gasteiger partial charge in [-0.15, -0.1) is 0 Å². The summed E-state index contributed by atoms with van der Waals surface area (Å²) in [5.41, 5.74) is -0.870. The highest BCUT2D eigenvalue weighted by atomic mass is 19.4. The summed E-state index contributed by atoms with van der Waals surface area (Å²) < 4.78 is 40.5. The molecular formula is C17H21F3N2. The average Bonchev–Trinajstić information content (AvgIpc) is 2.34. The molecule has 0 atom stereocenters. The predicted molar refractivity (Wildman–Crippen MR) is 81.8 cm³/mol. The first kappa shape index (κ1) is 16.7. The van der Waals surface area contributed by atoms with Crippen LogP contribution in [0.4, 0.5) is 13.2 Å². The summed E-state index contributed by atoms with van der Waals surface area (Å²) in [7, 11) is 0. The molecule has 0 radical (unpaired) electrons. The first-order valence-electron chi connectivity index (χ1n) is 7.20. The minimum Gasteiger partial charge on any atom is -0.233 e. The van der Waals surface area contributed by atoms with E-state index < -0.39 is 17.3 Å². The van der Waals surface area contributed by atoms with Crippen LogP contribution in [0.1, 0.15) is 51.6 Å². The number of alkyl halides is 3. The van der Waals surface area contributed by atoms with Crippen molar-refractivity contribution in [3.63, 3.8) is 0 Å². The molecule has 22 heavy (non-hydrogen) atoms. The molecule has 0 N–H and O–H groups in total. The Bertz CT molecular complexity index is 710. The van der Waals surface area contributed by atoms with Gasteiger partial charge in [-0.3, -0.25) is 0 Å². The van der Waals surface area contributed by atoms with Crippen LogP contribution in [0.5, 0.6) is 0 Å². The molecule has 0 saturated heterocycles. The lowest BCUT2D eigenvalue weighted by Crippen LogP contribution is -2.36. The number of halogens is 3. The third-order valence-electron chi connectivity index (χ3n) is 4.63. The lowest BCUT2D eigenvalue weighted by Gasteiger charge is -2.40. The van der Waals surface area contributed by atoms with E-state index >= 15 is 0 Å². The Labute approximate surface area is 128 Å². The fraction of sp³-hybridized carbons (Fsp3) is 0.529. The smallest absolute Gasteiger partial charge is 0.233 e. The van der Waals surface area contributed by atoms with Crippen molar-refractivity contribution in [2.75, 3.05) is 0 Å². The van der Waals surface area contributed by atoms with Gasteiger partial charge in [0, 0.05) is 11.1 Å². The molecule has 0 aromatic carbocycles. The Morgan fingerprint density at radius 1 is 0.909 bits per heavy atom. The van der Waals surface area contributed by atoms with E-state index in [4.69, 9.17) is 0 Å². The van der Waals surface area contributed by atoms with Gasteiger partial charge in [-0.25, -0.2) is 9.97 Å². The summed E-state index contributed by atoms with van der Waals surface area (Å²) in [6.07, 6.45) is -4.50. The second kappa shape index (κ2) is 4.93. The third-order valence-corrected chi connectivity index (χ3v) is 4.63. The van der Waals surface area contributed by atoms with Crippen LogP contribution in [-0.2, 0) is 11.6 Å². The van der Waals surface area contributed by atoms with Crippen LogP contribution < -0.4 is 0 Å². The van der Waals surface area contributed by atoms with Gasteiger partial charge in [-0.1, -0.05) is 34.6 Å². The lowest BCUT2D eigenvalue weighted by molar-refractivity contribution is -0.142. The first-order valence-corrected chi connectivity index (χ1v) is 7.20. The van der Waals surface area contributed by atoms with Crippen LogP contribution in [0.2, 0.25) is 0 Å². The maximum Gasteiger partial charge on any atom is 0.433 e. The van der Waals surface area contributed by atoms with Crippen molar-refractivity contribution in [1.82, 2.24) is 9.97 Å². The normalized spacial score (nSPS) is 13.7. The molecule has 2 aromatic rings. The molecule has 2 heterocycles. The summed E-state index contributed by atoms with van der Waals surface area (Å²) in [5.74, 6) is 0. The second-order valence-corrected chi connectivity index (χ2v) is 7.26. The molecule has 0 amide bonds. The van der Waals surface area contributed by atoms with Crippen molar-refractivity contribution >= 4 is 11.0 Å². The van der Waals surface area contributed by atoms with Gasteiger partial charge in [0.1, 0.15) is 0 Å². The van der Waals surface area contributed by atoms with E-state index in [9.17, 15) is 13.2 Å². The molecule has 0 saturated carbocycles. The van der Waals surface area contributed by atoms with Gasteiger partial charge in [-0.2, -0.15) is 13.2 Å². The van der Waals surface area contributed by atoms with E-state index in [0.29, 0.717) is 11.1 Å². The fourth-order valence-corrected chi connectivity index (χ4v) is 2.24. The van der Waals surface area contributed by atoms with Crippen LogP contribution in [0, 0.1) is 12.3 Å². The molecule has 2 nitrogen and oxygen atoms in total. The van der Waals surface area contributed by atoms with Gasteiger partial charge in [-0.05, 0) is 41.5 Å². The molecule has 120 valence electrons. The number of nitrogens with zero attached hydrogens (tertiary/aromatic N) is 2. The molecule has 0 aliphatic rings. The lowest BCUT2D eigenvalue weighted by atomic mass is 9.64. The van der Waals surface area contributed by atoms with E-state index in [1.165, 1.54) is 0 Å². The summed E-state index contributed by atoms with van der Waals surface area (Å²) in [6.45, 7) is 11.2. The van der Waals surface area contributed by atoms with E-state index in [1.54, 1.807) is 25.1 Å². The average molecular weight is 310 g/mol. The fourth-order valence-electron chi connectivity index (χ4n) is 2.24. The van der Waals surface area contributed by atoms with Gasteiger partial charge in [0.25, 0.3) is 0 Å². The summed E-state index contributed by atoms with van der Waals surface area (Å²) in [6, 6.07) is 5.14. The van der Waals surface area contributed by atoms with Crippen molar-refractivity contribution in [3.8, 4) is 0 Å². The Kier molecular flexibility index (Phi) is 3.75. The van der Waals surface area contributed by atoms with Crippen LogP contribution in [0.15, 0.2) is 18.2 Å². The minimum absolute atomic E-state index is 0.140. The van der Waals surface area contributed by atoms with Gasteiger partial charge < -0.3 is 0 Å². The Morgan fingerprint density at radius 3 is 2.00 bits per heavy atom. The van der Waals surface area contributed by atoms with Crippen LogP contribution >= 0.6 is 0 Å². The largest absolute Gasteiger partial charge is 0.433 e. The SMILES string of the molecule is Cc1ccc2cc(C(C)(C)C(C)(C)C)c(C(F)(F)F)nc2n1. The number of fused-ring (bicyclic) bond motifs is 1. The van der Waals surface area contributed by atoms with Crippen LogP contribution in [-0.4, -0.2) is 9.97 Å². The molecular weight excluding hydrogens is 289 g/mol. The summed E-state index contributed by atoms with van der Waals surface area (Å²) in [4.78, 5) is 7.98. The Balaban J connectivity index is 2.85. The van der Waals surface area contributed by atoms with Crippen molar-refractivity contribution in [3.05, 3.63) is 35.2 Å². The molecule has 0 unspecified atom stereocenters. The zero-order chi connectivity index (χ0) is 16.9. The van der Waals surface area contributed by atoms with Crippen LogP contribution in [0.25, 0.3) is 11.0 Å². The molecule has 0 aliphatic heterocycles. The van der Waals surface area contributed by atoms with E-state index in [0.717, 1.165) is 0 Å². The molecule has 0 spiro atoms. The predicted octanol–water partition coefficient (Wildman–Crippen LogP) is 5.28. The standard InChI is InChI=1S/C17H21F3N2/c1-10-7-8-11-9-12(16(5,6)15(2,3)4)13(17(18,19)20)22-14(11)21-10/h7-9H,1-6H3.